The molecule has 0 atom stereocenters. The van der Waals surface area contributed by atoms with Gasteiger partial charge in [-0.2, -0.15) is 18.4 Å². The number of aryl methyl sites for hydroxylation is 1. The molecule has 0 aliphatic carbocycles. The number of carbonyl (C=O) groups is 2. The summed E-state index contributed by atoms with van der Waals surface area (Å²) in [6.07, 6.45) is -3.62. The Bertz CT molecular complexity index is 1290. The lowest BCUT2D eigenvalue weighted by atomic mass is 10.2. The van der Waals surface area contributed by atoms with E-state index in [1.54, 1.807) is 6.92 Å². The van der Waals surface area contributed by atoms with E-state index in [1.165, 1.54) is 36.5 Å². The molecule has 3 N–H and O–H groups in total. The summed E-state index contributed by atoms with van der Waals surface area (Å²) in [4.78, 5) is 27.8. The normalized spacial score (nSPS) is 10.6. The number of H-pyrrole nitrogens is 1. The van der Waals surface area contributed by atoms with Crippen LogP contribution < -0.4 is 10.1 Å². The fraction of sp³-hybridized carbons (Fsp3) is 0.143. The van der Waals surface area contributed by atoms with Gasteiger partial charge in [-0.05, 0) is 31.2 Å². The molecule has 1 amide bonds. The van der Waals surface area contributed by atoms with E-state index in [2.05, 4.69) is 15.3 Å². The third-order valence-electron chi connectivity index (χ3n) is 3.97. The monoisotopic (exact) mass is 532 g/mol. The fourth-order valence-corrected chi connectivity index (χ4v) is 2.82. The minimum atomic E-state index is -5.08. The summed E-state index contributed by atoms with van der Waals surface area (Å²) in [5.41, 5.74) is 0.630. The number of hydrogen-bond acceptors (Lipinski definition) is 5. The average Bonchev–Trinajstić information content (AvgIpc) is 3.21. The van der Waals surface area contributed by atoms with Crippen LogP contribution in [0.1, 0.15) is 27.4 Å². The fourth-order valence-electron chi connectivity index (χ4n) is 2.41. The second-order valence-corrected chi connectivity index (χ2v) is 7.44. The first-order chi connectivity index (χ1) is 16.3. The first-order valence-electron chi connectivity index (χ1n) is 9.27. The van der Waals surface area contributed by atoms with E-state index in [-0.39, 0.29) is 44.9 Å². The number of ether oxygens (including phenoxy) is 1. The number of halogens is 6. The minimum absolute atomic E-state index is 0.0361. The van der Waals surface area contributed by atoms with Gasteiger partial charge in [-0.25, -0.2) is 14.2 Å². The van der Waals surface area contributed by atoms with E-state index < -0.39 is 23.9 Å². The number of hydrogen-bond donors (Lipinski definition) is 3. The van der Waals surface area contributed by atoms with Gasteiger partial charge >= 0.3 is 12.1 Å². The second kappa shape index (κ2) is 11.5. The van der Waals surface area contributed by atoms with Crippen LogP contribution in [0.15, 0.2) is 36.5 Å². The zero-order chi connectivity index (χ0) is 26.3. The molecular formula is C21H14Cl2F4N4O4. The Balaban J connectivity index is 0.000000540. The predicted molar refractivity (Wildman–Crippen MR) is 116 cm³/mol. The molecule has 35 heavy (non-hydrogen) atoms. The third kappa shape index (κ3) is 7.87. The van der Waals surface area contributed by atoms with E-state index >= 15 is 0 Å². The van der Waals surface area contributed by atoms with E-state index in [1.807, 2.05) is 6.07 Å². The van der Waals surface area contributed by atoms with Crippen molar-refractivity contribution in [1.82, 2.24) is 15.3 Å². The summed E-state index contributed by atoms with van der Waals surface area (Å²) in [7, 11) is 0. The van der Waals surface area contributed by atoms with Gasteiger partial charge in [-0.1, -0.05) is 29.3 Å². The molecular weight excluding hydrogens is 519 g/mol. The Labute approximate surface area is 205 Å². The van der Waals surface area contributed by atoms with Crippen LogP contribution in [0.4, 0.5) is 17.6 Å². The number of nitriles is 1. The summed E-state index contributed by atoms with van der Waals surface area (Å²) in [5, 5.41) is 19.0. The Kier molecular flexibility index (Phi) is 9.05. The Morgan fingerprint density at radius 2 is 1.91 bits per heavy atom. The number of carboxylic acids is 1. The molecule has 0 aliphatic heterocycles. The van der Waals surface area contributed by atoms with Crippen LogP contribution in [0.25, 0.3) is 0 Å². The quantitative estimate of drug-likeness (QED) is 0.378. The maximum absolute atomic E-state index is 14.9. The summed E-state index contributed by atoms with van der Waals surface area (Å²) < 4.78 is 52.1. The number of carbonyl (C=O) groups excluding carboxylic acids is 1. The van der Waals surface area contributed by atoms with Crippen molar-refractivity contribution in [3.8, 4) is 17.6 Å². The zero-order valence-electron chi connectivity index (χ0n) is 17.5. The highest BCUT2D eigenvalue weighted by Gasteiger charge is 2.38. The summed E-state index contributed by atoms with van der Waals surface area (Å²) in [6, 6.07) is 9.14. The first kappa shape index (κ1) is 27.4. The molecule has 0 saturated carbocycles. The van der Waals surface area contributed by atoms with Crippen molar-refractivity contribution < 1.29 is 37.0 Å². The number of aromatic nitrogens is 2. The number of carboxylic acid groups (broad SMARTS) is 1. The zero-order valence-corrected chi connectivity index (χ0v) is 19.0. The highest BCUT2D eigenvalue weighted by molar-refractivity contribution is 6.32. The molecule has 3 rings (SSSR count). The second-order valence-electron chi connectivity index (χ2n) is 6.60. The molecule has 14 heteroatoms. The average molecular weight is 533 g/mol. The molecule has 0 saturated heterocycles. The van der Waals surface area contributed by atoms with Gasteiger partial charge in [0.2, 0.25) is 0 Å². The van der Waals surface area contributed by atoms with Crippen LogP contribution in [0, 0.1) is 24.1 Å². The molecule has 0 unspecified atom stereocenters. The molecule has 0 spiro atoms. The van der Waals surface area contributed by atoms with E-state index in [9.17, 15) is 22.4 Å². The van der Waals surface area contributed by atoms with E-state index in [4.69, 9.17) is 43.1 Å². The first-order valence-corrected chi connectivity index (χ1v) is 10.0. The molecule has 8 nitrogen and oxygen atoms in total. The number of nitrogens with zero attached hydrogens (tertiary/aromatic N) is 2. The summed E-state index contributed by atoms with van der Waals surface area (Å²) in [6.45, 7) is 1.62. The van der Waals surface area contributed by atoms with Crippen LogP contribution in [-0.4, -0.2) is 33.1 Å². The standard InChI is InChI=1S/C19H13Cl2FN4O2.C2HF3O2/c1-10-24-9-16(26-10)19(27)25-8-12-2-3-15(21)18(17(12)22)28-14-5-11(7-23)4-13(20)6-14;3-2(4,5)1(6)7/h2-6,9H,8H2,1H3,(H,24,26)(H,25,27);(H,6,7). The van der Waals surface area contributed by atoms with E-state index in [0.717, 1.165) is 0 Å². The molecule has 184 valence electrons. The molecule has 0 fully saturated rings. The number of amides is 1. The van der Waals surface area contributed by atoms with Crippen LogP contribution in [0.5, 0.6) is 11.5 Å². The van der Waals surface area contributed by atoms with Crippen LogP contribution in [-0.2, 0) is 11.3 Å². The lowest BCUT2D eigenvalue weighted by molar-refractivity contribution is -0.192. The topological polar surface area (TPSA) is 128 Å². The number of aliphatic carboxylic acids is 1. The molecule has 0 aliphatic rings. The lowest BCUT2D eigenvalue weighted by Crippen LogP contribution is -2.23. The van der Waals surface area contributed by atoms with Crippen molar-refractivity contribution in [1.29, 1.82) is 5.26 Å². The molecule has 0 bridgehead atoms. The van der Waals surface area contributed by atoms with Crippen molar-refractivity contribution in [2.45, 2.75) is 19.6 Å². The van der Waals surface area contributed by atoms with Gasteiger partial charge in [0.05, 0.1) is 16.7 Å². The molecule has 0 radical (unpaired) electrons. The predicted octanol–water partition coefficient (Wildman–Crippen LogP) is 5.39. The SMILES string of the molecule is Cc1nc(C(=O)NCc2ccc(Cl)c(Oc3cc(Cl)cc(C#N)c3)c2F)c[nH]1.O=C(O)C(F)(F)F. The Hall–Kier alpha value is -3.82. The van der Waals surface area contributed by atoms with Crippen LogP contribution >= 0.6 is 23.2 Å². The number of nitrogens with one attached hydrogen (secondary N) is 2. The van der Waals surface area contributed by atoms with Crippen molar-refractivity contribution in [3.05, 3.63) is 75.0 Å². The van der Waals surface area contributed by atoms with E-state index in [0.29, 0.717) is 5.82 Å². The largest absolute Gasteiger partial charge is 0.490 e. The van der Waals surface area contributed by atoms with Crippen molar-refractivity contribution in [3.63, 3.8) is 0 Å². The highest BCUT2D eigenvalue weighted by atomic mass is 35.5. The van der Waals surface area contributed by atoms with Gasteiger partial charge in [-0.3, -0.25) is 4.79 Å². The summed E-state index contributed by atoms with van der Waals surface area (Å²) in [5.74, 6) is -3.41. The van der Waals surface area contributed by atoms with Gasteiger partial charge in [0.15, 0.2) is 11.6 Å². The van der Waals surface area contributed by atoms with Gasteiger partial charge in [0.1, 0.15) is 17.3 Å². The lowest BCUT2D eigenvalue weighted by Gasteiger charge is -2.13. The van der Waals surface area contributed by atoms with Crippen LogP contribution in [0.2, 0.25) is 10.0 Å². The van der Waals surface area contributed by atoms with Crippen molar-refractivity contribution in [2.75, 3.05) is 0 Å². The van der Waals surface area contributed by atoms with Gasteiger partial charge in [-0.15, -0.1) is 0 Å². The number of aromatic amines is 1. The Morgan fingerprint density at radius 1 is 1.26 bits per heavy atom. The molecule has 1 aromatic heterocycles. The number of benzene rings is 2. The highest BCUT2D eigenvalue weighted by Crippen LogP contribution is 2.35. The van der Waals surface area contributed by atoms with Crippen molar-refractivity contribution >= 4 is 35.1 Å². The maximum Gasteiger partial charge on any atom is 0.490 e. The number of imidazole rings is 1. The molecule has 3 aromatic rings. The molecule has 2 aromatic carbocycles. The smallest absolute Gasteiger partial charge is 0.475 e. The van der Waals surface area contributed by atoms with Gasteiger partial charge < -0.3 is 20.1 Å². The van der Waals surface area contributed by atoms with Gasteiger partial charge in [0, 0.05) is 23.3 Å². The minimum Gasteiger partial charge on any atom is -0.475 e. The third-order valence-corrected chi connectivity index (χ3v) is 4.49. The van der Waals surface area contributed by atoms with Crippen molar-refractivity contribution in [2.24, 2.45) is 0 Å². The molecule has 1 heterocycles. The Morgan fingerprint density at radius 3 is 2.46 bits per heavy atom. The van der Waals surface area contributed by atoms with Crippen LogP contribution in [0.3, 0.4) is 0 Å². The maximum atomic E-state index is 14.9. The number of alkyl halides is 3. The van der Waals surface area contributed by atoms with Gasteiger partial charge in [0.25, 0.3) is 5.91 Å². The number of rotatable bonds is 5. The summed E-state index contributed by atoms with van der Waals surface area (Å²) >= 11 is 12.0.